The van der Waals surface area contributed by atoms with Gasteiger partial charge in [-0.05, 0) is 36.1 Å². The first-order valence-electron chi connectivity index (χ1n) is 8.24. The maximum Gasteiger partial charge on any atom is 0.191 e. The van der Waals surface area contributed by atoms with Crippen LogP contribution in [0.25, 0.3) is 0 Å². The van der Waals surface area contributed by atoms with Crippen molar-refractivity contribution >= 4 is 17.3 Å². The molecule has 0 radical (unpaired) electrons. The first-order chi connectivity index (χ1) is 11.5. The second-order valence-electron chi connectivity index (χ2n) is 6.24. The third kappa shape index (κ3) is 5.27. The zero-order valence-corrected chi connectivity index (χ0v) is 15.7. The van der Waals surface area contributed by atoms with Crippen molar-refractivity contribution in [3.8, 4) is 5.75 Å². The average Bonchev–Trinajstić information content (AvgIpc) is 3.11. The van der Waals surface area contributed by atoms with E-state index in [1.807, 2.05) is 12.1 Å². The Bertz CT molecular complexity index is 650. The number of benzene rings is 1. The van der Waals surface area contributed by atoms with Crippen LogP contribution in [0.2, 0.25) is 0 Å². The molecule has 1 aromatic heterocycles. The van der Waals surface area contributed by atoms with Crippen molar-refractivity contribution < 1.29 is 4.74 Å². The first kappa shape index (κ1) is 18.3. The molecule has 1 heterocycles. The summed E-state index contributed by atoms with van der Waals surface area (Å²) in [6, 6.07) is 12.4. The van der Waals surface area contributed by atoms with E-state index in [9.17, 15) is 0 Å². The van der Waals surface area contributed by atoms with E-state index in [-0.39, 0.29) is 5.41 Å². The second-order valence-corrected chi connectivity index (χ2v) is 7.28. The zero-order chi connectivity index (χ0) is 17.4. The number of methoxy groups -OCH3 is 1. The van der Waals surface area contributed by atoms with Gasteiger partial charge in [-0.25, -0.2) is 4.99 Å². The minimum absolute atomic E-state index is 0.0341. The smallest absolute Gasteiger partial charge is 0.191 e. The quantitative estimate of drug-likeness (QED) is 0.593. The van der Waals surface area contributed by atoms with Gasteiger partial charge in [-0.1, -0.05) is 32.0 Å². The lowest BCUT2D eigenvalue weighted by molar-refractivity contribution is 0.411. The summed E-state index contributed by atoms with van der Waals surface area (Å²) in [5.41, 5.74) is 1.21. The van der Waals surface area contributed by atoms with E-state index in [0.29, 0.717) is 6.54 Å². The molecule has 0 amide bonds. The van der Waals surface area contributed by atoms with Crippen molar-refractivity contribution in [3.63, 3.8) is 0 Å². The van der Waals surface area contributed by atoms with Crippen LogP contribution in [0, 0.1) is 0 Å². The highest BCUT2D eigenvalue weighted by Gasteiger charge is 2.21. The molecule has 0 saturated carbocycles. The lowest BCUT2D eigenvalue weighted by Gasteiger charge is -2.27. The number of hydrogen-bond donors (Lipinski definition) is 2. The summed E-state index contributed by atoms with van der Waals surface area (Å²) in [6.45, 7) is 8.85. The molecule has 1 aromatic carbocycles. The van der Waals surface area contributed by atoms with Gasteiger partial charge in [0.15, 0.2) is 5.96 Å². The Labute approximate surface area is 149 Å². The highest BCUT2D eigenvalue weighted by molar-refractivity contribution is 7.09. The maximum atomic E-state index is 5.34. The van der Waals surface area contributed by atoms with Crippen molar-refractivity contribution in [3.05, 3.63) is 52.2 Å². The van der Waals surface area contributed by atoms with E-state index in [0.717, 1.165) is 24.8 Å². The topological polar surface area (TPSA) is 45.7 Å². The van der Waals surface area contributed by atoms with E-state index in [4.69, 9.17) is 4.74 Å². The Kier molecular flexibility index (Phi) is 6.67. The summed E-state index contributed by atoms with van der Waals surface area (Å²) in [5, 5.41) is 8.85. The van der Waals surface area contributed by atoms with Crippen molar-refractivity contribution in [2.45, 2.75) is 32.7 Å². The summed E-state index contributed by atoms with van der Waals surface area (Å²) in [4.78, 5) is 5.93. The molecule has 0 unspecified atom stereocenters. The molecule has 0 aliphatic rings. The molecular formula is C19H27N3OS. The molecule has 2 N–H and O–H groups in total. The summed E-state index contributed by atoms with van der Waals surface area (Å²) >= 11 is 1.73. The summed E-state index contributed by atoms with van der Waals surface area (Å²) in [5.74, 6) is 1.74. The fraction of sp³-hybridized carbons (Fsp3) is 0.421. The maximum absolute atomic E-state index is 5.34. The van der Waals surface area contributed by atoms with Crippen LogP contribution in [0.5, 0.6) is 5.75 Å². The highest BCUT2D eigenvalue weighted by atomic mass is 32.1. The van der Waals surface area contributed by atoms with E-state index < -0.39 is 0 Å². The molecular weight excluding hydrogens is 318 g/mol. The van der Waals surface area contributed by atoms with Gasteiger partial charge in [0.2, 0.25) is 0 Å². The minimum atomic E-state index is -0.0341. The molecule has 2 aromatic rings. The second kappa shape index (κ2) is 8.73. The van der Waals surface area contributed by atoms with Gasteiger partial charge >= 0.3 is 0 Å². The van der Waals surface area contributed by atoms with Crippen LogP contribution in [0.4, 0.5) is 0 Å². The number of thiophene rings is 1. The zero-order valence-electron chi connectivity index (χ0n) is 14.9. The first-order valence-corrected chi connectivity index (χ1v) is 9.12. The molecule has 0 atom stereocenters. The molecule has 5 heteroatoms. The highest BCUT2D eigenvalue weighted by Crippen LogP contribution is 2.25. The van der Waals surface area contributed by atoms with Gasteiger partial charge in [0.1, 0.15) is 5.75 Å². The van der Waals surface area contributed by atoms with E-state index in [2.05, 4.69) is 66.0 Å². The lowest BCUT2D eigenvalue weighted by atomic mass is 9.84. The van der Waals surface area contributed by atoms with Crippen molar-refractivity contribution in [2.24, 2.45) is 4.99 Å². The average molecular weight is 346 g/mol. The number of ether oxygens (including phenoxy) is 1. The number of rotatable bonds is 7. The van der Waals surface area contributed by atoms with Crippen molar-refractivity contribution in [1.82, 2.24) is 10.6 Å². The fourth-order valence-electron chi connectivity index (χ4n) is 2.35. The normalized spacial score (nSPS) is 12.1. The predicted molar refractivity (Wildman–Crippen MR) is 103 cm³/mol. The van der Waals surface area contributed by atoms with Crippen LogP contribution < -0.4 is 15.4 Å². The number of aliphatic imine (C=N–C) groups is 1. The van der Waals surface area contributed by atoms with Gasteiger partial charge in [-0.3, -0.25) is 0 Å². The Morgan fingerprint density at radius 2 is 2.04 bits per heavy atom. The van der Waals surface area contributed by atoms with Crippen LogP contribution in [-0.4, -0.2) is 26.2 Å². The third-order valence-electron chi connectivity index (χ3n) is 3.87. The van der Waals surface area contributed by atoms with Crippen LogP contribution in [0.3, 0.4) is 0 Å². The van der Waals surface area contributed by atoms with Crippen LogP contribution in [0.15, 0.2) is 46.8 Å². The SMILES string of the molecule is CCNC(=NCc1cccs1)NCC(C)(C)c1cccc(OC)c1. The summed E-state index contributed by atoms with van der Waals surface area (Å²) in [7, 11) is 1.70. The van der Waals surface area contributed by atoms with Gasteiger partial charge in [-0.15, -0.1) is 11.3 Å². The van der Waals surface area contributed by atoms with Crippen molar-refractivity contribution in [1.29, 1.82) is 0 Å². The Morgan fingerprint density at radius 1 is 1.21 bits per heavy atom. The van der Waals surface area contributed by atoms with Crippen LogP contribution >= 0.6 is 11.3 Å². The van der Waals surface area contributed by atoms with E-state index in [1.165, 1.54) is 10.4 Å². The molecule has 4 nitrogen and oxygen atoms in total. The largest absolute Gasteiger partial charge is 0.497 e. The van der Waals surface area contributed by atoms with E-state index in [1.54, 1.807) is 18.4 Å². The Hall–Kier alpha value is -2.01. The molecule has 0 aliphatic carbocycles. The van der Waals surface area contributed by atoms with Gasteiger partial charge in [0.25, 0.3) is 0 Å². The third-order valence-corrected chi connectivity index (χ3v) is 4.73. The van der Waals surface area contributed by atoms with Gasteiger partial charge in [0.05, 0.1) is 13.7 Å². The van der Waals surface area contributed by atoms with Gasteiger partial charge in [0, 0.05) is 23.4 Å². The molecule has 0 bridgehead atoms. The Morgan fingerprint density at radius 3 is 2.71 bits per heavy atom. The molecule has 130 valence electrons. The van der Waals surface area contributed by atoms with Crippen LogP contribution in [0.1, 0.15) is 31.2 Å². The van der Waals surface area contributed by atoms with Gasteiger partial charge < -0.3 is 15.4 Å². The molecule has 0 spiro atoms. The van der Waals surface area contributed by atoms with Gasteiger partial charge in [-0.2, -0.15) is 0 Å². The summed E-state index contributed by atoms with van der Waals surface area (Å²) < 4.78 is 5.34. The molecule has 0 saturated heterocycles. The number of guanidine groups is 1. The van der Waals surface area contributed by atoms with Crippen molar-refractivity contribution in [2.75, 3.05) is 20.2 Å². The molecule has 0 aliphatic heterocycles. The monoisotopic (exact) mass is 345 g/mol. The molecule has 2 rings (SSSR count). The Balaban J connectivity index is 2.02. The molecule has 0 fully saturated rings. The van der Waals surface area contributed by atoms with E-state index >= 15 is 0 Å². The van der Waals surface area contributed by atoms with Crippen LogP contribution in [-0.2, 0) is 12.0 Å². The minimum Gasteiger partial charge on any atom is -0.497 e. The summed E-state index contributed by atoms with van der Waals surface area (Å²) in [6.07, 6.45) is 0. The lowest BCUT2D eigenvalue weighted by Crippen LogP contribution is -2.43. The fourth-order valence-corrected chi connectivity index (χ4v) is 2.98. The predicted octanol–water partition coefficient (Wildman–Crippen LogP) is 3.79. The number of hydrogen-bond acceptors (Lipinski definition) is 3. The number of nitrogens with zero attached hydrogens (tertiary/aromatic N) is 1. The molecule has 24 heavy (non-hydrogen) atoms. The number of nitrogens with one attached hydrogen (secondary N) is 2. The standard InChI is InChI=1S/C19H27N3OS/c1-5-20-18(21-13-17-10-7-11-24-17)22-14-19(2,3)15-8-6-9-16(12-15)23-4/h6-12H,5,13-14H2,1-4H3,(H2,20,21,22).